The first kappa shape index (κ1) is 15.3. The van der Waals surface area contributed by atoms with Gasteiger partial charge < -0.3 is 15.0 Å². The Morgan fingerprint density at radius 2 is 1.80 bits per heavy atom. The van der Waals surface area contributed by atoms with Crippen LogP contribution in [0.15, 0.2) is 24.3 Å². The zero-order valence-electron chi connectivity index (χ0n) is 12.9. The first-order valence-electron chi connectivity index (χ1n) is 7.53. The Labute approximate surface area is 122 Å². The third-order valence-electron chi connectivity index (χ3n) is 4.22. The molecule has 1 aromatic carbocycles. The van der Waals surface area contributed by atoms with Gasteiger partial charge in [-0.05, 0) is 19.7 Å². The molecule has 1 aliphatic rings. The van der Waals surface area contributed by atoms with Crippen LogP contribution in [-0.2, 0) is 0 Å². The van der Waals surface area contributed by atoms with Crippen molar-refractivity contribution in [1.29, 1.82) is 0 Å². The molecule has 0 aromatic heterocycles. The molecule has 0 amide bonds. The molecule has 1 saturated heterocycles. The second kappa shape index (κ2) is 7.62. The summed E-state index contributed by atoms with van der Waals surface area (Å²) in [5.41, 5.74) is 1.25. The minimum Gasteiger partial charge on any atom is -0.496 e. The van der Waals surface area contributed by atoms with Crippen molar-refractivity contribution >= 4 is 0 Å². The smallest absolute Gasteiger partial charge is 0.123 e. The van der Waals surface area contributed by atoms with Crippen molar-refractivity contribution in [2.75, 3.05) is 53.4 Å². The zero-order chi connectivity index (χ0) is 14.4. The fraction of sp³-hybridized carbons (Fsp3) is 0.625. The number of nitrogens with zero attached hydrogens (tertiary/aromatic N) is 2. The number of ether oxygens (including phenoxy) is 1. The zero-order valence-corrected chi connectivity index (χ0v) is 12.9. The Bertz CT molecular complexity index is 402. The highest BCUT2D eigenvalue weighted by molar-refractivity contribution is 5.36. The average Bonchev–Trinajstić information content (AvgIpc) is 2.53. The summed E-state index contributed by atoms with van der Waals surface area (Å²) in [5, 5.41) is 3.43. The minimum atomic E-state index is 0.319. The van der Waals surface area contributed by atoms with Crippen LogP contribution in [-0.4, -0.2) is 63.2 Å². The van der Waals surface area contributed by atoms with E-state index in [1.54, 1.807) is 7.11 Å². The fourth-order valence-corrected chi connectivity index (χ4v) is 2.85. The molecule has 0 aliphatic carbocycles. The van der Waals surface area contributed by atoms with E-state index in [1.165, 1.54) is 18.7 Å². The van der Waals surface area contributed by atoms with Crippen LogP contribution in [0.25, 0.3) is 0 Å². The summed E-state index contributed by atoms with van der Waals surface area (Å²) in [4.78, 5) is 5.05. The largest absolute Gasteiger partial charge is 0.496 e. The number of hydrogen-bond acceptors (Lipinski definition) is 4. The van der Waals surface area contributed by atoms with E-state index >= 15 is 0 Å². The number of likely N-dealkylation sites (N-methyl/N-ethyl adjacent to an activating group) is 2. The lowest BCUT2D eigenvalue weighted by atomic mass is 10.0. The van der Waals surface area contributed by atoms with Gasteiger partial charge in [0.25, 0.3) is 0 Å². The molecule has 4 nitrogen and oxygen atoms in total. The predicted molar refractivity (Wildman–Crippen MR) is 83.3 cm³/mol. The SMILES string of the molecule is CCN1CCN(CC(NC)c2ccccc2OC)CC1. The molecular formula is C16H27N3O. The first-order valence-corrected chi connectivity index (χ1v) is 7.53. The van der Waals surface area contributed by atoms with Gasteiger partial charge in [0, 0.05) is 44.3 Å². The van der Waals surface area contributed by atoms with Crippen molar-refractivity contribution in [3.8, 4) is 5.75 Å². The second-order valence-electron chi connectivity index (χ2n) is 5.32. The molecule has 2 rings (SSSR count). The van der Waals surface area contributed by atoms with E-state index < -0.39 is 0 Å². The van der Waals surface area contributed by atoms with Gasteiger partial charge in [-0.3, -0.25) is 4.90 Å². The van der Waals surface area contributed by atoms with Crippen molar-refractivity contribution in [2.45, 2.75) is 13.0 Å². The molecular weight excluding hydrogens is 250 g/mol. The quantitative estimate of drug-likeness (QED) is 0.855. The van der Waals surface area contributed by atoms with Gasteiger partial charge in [-0.2, -0.15) is 0 Å². The lowest BCUT2D eigenvalue weighted by molar-refractivity contribution is 0.128. The van der Waals surface area contributed by atoms with Gasteiger partial charge in [0.05, 0.1) is 7.11 Å². The Morgan fingerprint density at radius 3 is 2.40 bits per heavy atom. The maximum absolute atomic E-state index is 5.49. The number of para-hydroxylation sites is 1. The number of benzene rings is 1. The van der Waals surface area contributed by atoms with E-state index in [0.717, 1.165) is 31.9 Å². The molecule has 0 bridgehead atoms. The first-order chi connectivity index (χ1) is 9.78. The summed E-state index contributed by atoms with van der Waals surface area (Å²) in [6.07, 6.45) is 0. The molecule has 0 saturated carbocycles. The molecule has 1 aromatic rings. The van der Waals surface area contributed by atoms with Crippen LogP contribution in [0.2, 0.25) is 0 Å². The van der Waals surface area contributed by atoms with Crippen LogP contribution < -0.4 is 10.1 Å². The van der Waals surface area contributed by atoms with Crippen LogP contribution >= 0.6 is 0 Å². The molecule has 1 heterocycles. The molecule has 1 atom stereocenters. The highest BCUT2D eigenvalue weighted by Crippen LogP contribution is 2.25. The lowest BCUT2D eigenvalue weighted by Crippen LogP contribution is -2.48. The van der Waals surface area contributed by atoms with E-state index in [9.17, 15) is 0 Å². The summed E-state index contributed by atoms with van der Waals surface area (Å²) in [6, 6.07) is 8.61. The fourth-order valence-electron chi connectivity index (χ4n) is 2.85. The number of nitrogens with one attached hydrogen (secondary N) is 1. The molecule has 20 heavy (non-hydrogen) atoms. The summed E-state index contributed by atoms with van der Waals surface area (Å²) in [5.74, 6) is 0.971. The number of hydrogen-bond donors (Lipinski definition) is 1. The van der Waals surface area contributed by atoms with Crippen molar-refractivity contribution < 1.29 is 4.74 Å². The van der Waals surface area contributed by atoms with Gasteiger partial charge in [0.15, 0.2) is 0 Å². The summed E-state index contributed by atoms with van der Waals surface area (Å²) >= 11 is 0. The van der Waals surface area contributed by atoms with Crippen LogP contribution in [0, 0.1) is 0 Å². The van der Waals surface area contributed by atoms with E-state index in [2.05, 4.69) is 34.2 Å². The Hall–Kier alpha value is -1.10. The van der Waals surface area contributed by atoms with Gasteiger partial charge in [0.1, 0.15) is 5.75 Å². The van der Waals surface area contributed by atoms with E-state index in [0.29, 0.717) is 6.04 Å². The lowest BCUT2D eigenvalue weighted by Gasteiger charge is -2.36. The third-order valence-corrected chi connectivity index (χ3v) is 4.22. The van der Waals surface area contributed by atoms with Gasteiger partial charge in [-0.15, -0.1) is 0 Å². The van der Waals surface area contributed by atoms with Gasteiger partial charge >= 0.3 is 0 Å². The van der Waals surface area contributed by atoms with Crippen LogP contribution in [0.1, 0.15) is 18.5 Å². The molecule has 112 valence electrons. The van der Waals surface area contributed by atoms with Gasteiger partial charge in [-0.1, -0.05) is 25.1 Å². The van der Waals surface area contributed by atoms with Gasteiger partial charge in [0.2, 0.25) is 0 Å². The van der Waals surface area contributed by atoms with Crippen molar-refractivity contribution in [3.05, 3.63) is 29.8 Å². The molecule has 0 spiro atoms. The highest BCUT2D eigenvalue weighted by Gasteiger charge is 2.21. The van der Waals surface area contributed by atoms with E-state index in [-0.39, 0.29) is 0 Å². The van der Waals surface area contributed by atoms with Crippen molar-refractivity contribution in [3.63, 3.8) is 0 Å². The van der Waals surface area contributed by atoms with Crippen LogP contribution in [0.3, 0.4) is 0 Å². The number of rotatable bonds is 6. The second-order valence-corrected chi connectivity index (χ2v) is 5.32. The Morgan fingerprint density at radius 1 is 1.15 bits per heavy atom. The van der Waals surface area contributed by atoms with E-state index in [4.69, 9.17) is 4.74 Å². The average molecular weight is 277 g/mol. The van der Waals surface area contributed by atoms with Crippen LogP contribution in [0.4, 0.5) is 0 Å². The van der Waals surface area contributed by atoms with E-state index in [1.807, 2.05) is 19.2 Å². The molecule has 1 N–H and O–H groups in total. The monoisotopic (exact) mass is 277 g/mol. The summed E-state index contributed by atoms with van der Waals surface area (Å²) < 4.78 is 5.49. The Balaban J connectivity index is 1.99. The number of methoxy groups -OCH3 is 1. The van der Waals surface area contributed by atoms with Crippen molar-refractivity contribution in [1.82, 2.24) is 15.1 Å². The molecule has 0 radical (unpaired) electrons. The van der Waals surface area contributed by atoms with Crippen molar-refractivity contribution in [2.24, 2.45) is 0 Å². The molecule has 1 aliphatic heterocycles. The molecule has 4 heteroatoms. The molecule has 1 unspecified atom stereocenters. The van der Waals surface area contributed by atoms with Crippen LogP contribution in [0.5, 0.6) is 5.75 Å². The minimum absolute atomic E-state index is 0.319. The standard InChI is InChI=1S/C16H27N3O/c1-4-18-9-11-19(12-10-18)13-15(17-2)14-7-5-6-8-16(14)20-3/h5-8,15,17H,4,9-13H2,1-3H3. The third kappa shape index (κ3) is 3.72. The normalized spacial score (nSPS) is 18.9. The maximum atomic E-state index is 5.49. The maximum Gasteiger partial charge on any atom is 0.123 e. The summed E-state index contributed by atoms with van der Waals surface area (Å²) in [7, 11) is 3.77. The number of piperazine rings is 1. The predicted octanol–water partition coefficient (Wildman–Crippen LogP) is 1.59. The Kier molecular flexibility index (Phi) is 5.83. The molecule has 1 fully saturated rings. The summed E-state index contributed by atoms with van der Waals surface area (Å²) in [6.45, 7) is 9.10. The highest BCUT2D eigenvalue weighted by atomic mass is 16.5. The van der Waals surface area contributed by atoms with Gasteiger partial charge in [-0.25, -0.2) is 0 Å². The topological polar surface area (TPSA) is 27.7 Å².